The summed E-state index contributed by atoms with van der Waals surface area (Å²) < 4.78 is 18.8. The van der Waals surface area contributed by atoms with Crippen molar-refractivity contribution in [3.8, 4) is 0 Å². The largest absolute Gasteiger partial charge is 0.444 e. The third kappa shape index (κ3) is 4.08. The molecule has 2 fully saturated rings. The van der Waals surface area contributed by atoms with Gasteiger partial charge in [0.1, 0.15) is 17.2 Å². The number of rotatable bonds is 3. The fraction of sp³-hybridized carbons (Fsp3) is 0.619. The summed E-state index contributed by atoms with van der Waals surface area (Å²) in [7, 11) is 0. The van der Waals surface area contributed by atoms with Gasteiger partial charge in [-0.1, -0.05) is 6.07 Å². The van der Waals surface area contributed by atoms with E-state index in [2.05, 4.69) is 0 Å². The Kier molecular flexibility index (Phi) is 5.09. The fourth-order valence-electron chi connectivity index (χ4n) is 4.24. The number of hydrogen-bond acceptors (Lipinski definition) is 3. The Morgan fingerprint density at radius 1 is 1.19 bits per heavy atom. The molecule has 2 saturated heterocycles. The van der Waals surface area contributed by atoms with E-state index < -0.39 is 5.60 Å². The molecule has 2 aliphatic heterocycles. The molecule has 1 aromatic carbocycles. The van der Waals surface area contributed by atoms with Crippen LogP contribution in [0, 0.1) is 18.7 Å². The highest BCUT2D eigenvalue weighted by atomic mass is 19.1. The lowest BCUT2D eigenvalue weighted by Gasteiger charge is -2.39. The van der Waals surface area contributed by atoms with Gasteiger partial charge in [-0.05, 0) is 76.6 Å². The highest BCUT2D eigenvalue weighted by Crippen LogP contribution is 2.40. The Hall–Kier alpha value is -1.91. The Labute approximate surface area is 154 Å². The molecule has 0 aliphatic carbocycles. The average Bonchev–Trinajstić information content (AvgIpc) is 2.79. The zero-order valence-corrected chi connectivity index (χ0v) is 16.0. The van der Waals surface area contributed by atoms with Gasteiger partial charge in [0, 0.05) is 24.4 Å². The molecule has 26 heavy (non-hydrogen) atoms. The highest BCUT2D eigenvalue weighted by Gasteiger charge is 2.46. The van der Waals surface area contributed by atoms with Crippen LogP contribution in [0.25, 0.3) is 0 Å². The predicted octanol–water partition coefficient (Wildman–Crippen LogP) is 4.42. The van der Waals surface area contributed by atoms with Gasteiger partial charge in [0.25, 0.3) is 0 Å². The van der Waals surface area contributed by atoms with Gasteiger partial charge in [0.15, 0.2) is 0 Å². The second-order valence-electron chi connectivity index (χ2n) is 8.65. The van der Waals surface area contributed by atoms with E-state index >= 15 is 0 Å². The molecule has 0 radical (unpaired) electrons. The van der Waals surface area contributed by atoms with Crippen molar-refractivity contribution >= 4 is 11.9 Å². The third-order valence-corrected chi connectivity index (χ3v) is 5.46. The molecule has 1 aromatic rings. The number of amides is 1. The number of aryl methyl sites for hydroxylation is 1. The fourth-order valence-corrected chi connectivity index (χ4v) is 4.24. The highest BCUT2D eigenvalue weighted by molar-refractivity contribution is 5.84. The lowest BCUT2D eigenvalue weighted by molar-refractivity contribution is -0.124. The first-order valence-corrected chi connectivity index (χ1v) is 9.43. The SMILES string of the molecule is Cc1cc(F)ccc1CC(=O)C1CC2CCC(C1)N2C(=O)OC(C)(C)C. The van der Waals surface area contributed by atoms with Gasteiger partial charge in [0.2, 0.25) is 0 Å². The summed E-state index contributed by atoms with van der Waals surface area (Å²) in [5.74, 6) is -0.113. The van der Waals surface area contributed by atoms with Gasteiger partial charge in [-0.25, -0.2) is 9.18 Å². The maximum Gasteiger partial charge on any atom is 0.410 e. The smallest absolute Gasteiger partial charge is 0.410 e. The summed E-state index contributed by atoms with van der Waals surface area (Å²) in [5, 5.41) is 0. The normalized spacial score (nSPS) is 25.3. The van der Waals surface area contributed by atoms with E-state index in [1.807, 2.05) is 32.6 Å². The molecule has 2 aliphatic rings. The molecule has 1 amide bonds. The molecule has 2 heterocycles. The summed E-state index contributed by atoms with van der Waals surface area (Å²) >= 11 is 0. The number of Topliss-reactive ketones (excluding diaryl/α,β-unsaturated/α-hetero) is 1. The van der Waals surface area contributed by atoms with Crippen molar-refractivity contribution in [3.05, 3.63) is 35.1 Å². The van der Waals surface area contributed by atoms with E-state index in [9.17, 15) is 14.0 Å². The van der Waals surface area contributed by atoms with E-state index in [4.69, 9.17) is 4.74 Å². The maximum atomic E-state index is 13.3. The van der Waals surface area contributed by atoms with Gasteiger partial charge in [-0.15, -0.1) is 0 Å². The maximum absolute atomic E-state index is 13.3. The number of halogens is 1. The molecular formula is C21H28FNO3. The van der Waals surface area contributed by atoms with Gasteiger partial charge in [0.05, 0.1) is 0 Å². The van der Waals surface area contributed by atoms with E-state index in [1.54, 1.807) is 6.07 Å². The van der Waals surface area contributed by atoms with Crippen LogP contribution in [0.1, 0.15) is 57.6 Å². The van der Waals surface area contributed by atoms with Crippen molar-refractivity contribution in [3.63, 3.8) is 0 Å². The number of fused-ring (bicyclic) bond motifs is 2. The molecule has 0 spiro atoms. The third-order valence-electron chi connectivity index (χ3n) is 5.46. The summed E-state index contributed by atoms with van der Waals surface area (Å²) in [4.78, 5) is 27.2. The Balaban J connectivity index is 1.65. The quantitative estimate of drug-likeness (QED) is 0.800. The topological polar surface area (TPSA) is 46.6 Å². The number of ether oxygens (including phenoxy) is 1. The minimum atomic E-state index is -0.511. The van der Waals surface area contributed by atoms with Gasteiger partial charge < -0.3 is 9.64 Å². The number of hydrogen-bond donors (Lipinski definition) is 0. The van der Waals surface area contributed by atoms with Crippen LogP contribution in [0.5, 0.6) is 0 Å². The van der Waals surface area contributed by atoms with E-state index in [0.717, 1.165) is 24.0 Å². The predicted molar refractivity (Wildman–Crippen MR) is 97.5 cm³/mol. The molecule has 0 N–H and O–H groups in total. The number of carbonyl (C=O) groups excluding carboxylic acids is 2. The van der Waals surface area contributed by atoms with Crippen LogP contribution in [0.3, 0.4) is 0 Å². The zero-order chi connectivity index (χ0) is 19.1. The minimum Gasteiger partial charge on any atom is -0.444 e. The van der Waals surface area contributed by atoms with Crippen molar-refractivity contribution in [1.82, 2.24) is 4.90 Å². The van der Waals surface area contributed by atoms with Crippen LogP contribution in [0.2, 0.25) is 0 Å². The second-order valence-corrected chi connectivity index (χ2v) is 8.65. The van der Waals surface area contributed by atoms with Crippen LogP contribution >= 0.6 is 0 Å². The number of benzene rings is 1. The summed E-state index contributed by atoms with van der Waals surface area (Å²) in [5.41, 5.74) is 1.19. The number of nitrogens with zero attached hydrogens (tertiary/aromatic N) is 1. The molecule has 142 valence electrons. The molecule has 3 rings (SSSR count). The molecule has 0 saturated carbocycles. The van der Waals surface area contributed by atoms with Crippen LogP contribution in [0.15, 0.2) is 18.2 Å². The molecule has 2 atom stereocenters. The Morgan fingerprint density at radius 2 is 1.81 bits per heavy atom. The zero-order valence-electron chi connectivity index (χ0n) is 16.0. The minimum absolute atomic E-state index is 0.0318. The van der Waals surface area contributed by atoms with E-state index in [0.29, 0.717) is 19.3 Å². The number of ketones is 1. The second kappa shape index (κ2) is 7.01. The van der Waals surface area contributed by atoms with E-state index in [1.165, 1.54) is 12.1 Å². The van der Waals surface area contributed by atoms with Crippen molar-refractivity contribution < 1.29 is 18.7 Å². The van der Waals surface area contributed by atoms with Gasteiger partial charge in [-0.3, -0.25) is 4.79 Å². The number of carbonyl (C=O) groups is 2. The molecule has 4 nitrogen and oxygen atoms in total. The summed E-state index contributed by atoms with van der Waals surface area (Å²) in [6, 6.07) is 4.76. The van der Waals surface area contributed by atoms with Crippen LogP contribution in [0.4, 0.5) is 9.18 Å². The lowest BCUT2D eigenvalue weighted by Crippen LogP contribution is -2.49. The Bertz CT molecular complexity index is 696. The summed E-state index contributed by atoms with van der Waals surface area (Å²) in [6.07, 6.45) is 3.35. The van der Waals surface area contributed by atoms with Crippen molar-refractivity contribution in [2.75, 3.05) is 0 Å². The van der Waals surface area contributed by atoms with Crippen molar-refractivity contribution in [2.45, 2.75) is 77.5 Å². The van der Waals surface area contributed by atoms with Crippen LogP contribution in [-0.2, 0) is 16.0 Å². The molecule has 0 aromatic heterocycles. The van der Waals surface area contributed by atoms with Crippen LogP contribution < -0.4 is 0 Å². The monoisotopic (exact) mass is 361 g/mol. The number of piperidine rings is 1. The molecule has 2 unspecified atom stereocenters. The first-order chi connectivity index (χ1) is 12.1. The first-order valence-electron chi connectivity index (χ1n) is 9.43. The Morgan fingerprint density at radius 3 is 2.35 bits per heavy atom. The molecule has 5 heteroatoms. The van der Waals surface area contributed by atoms with E-state index in [-0.39, 0.29) is 35.7 Å². The molecular weight excluding hydrogens is 333 g/mol. The van der Waals surface area contributed by atoms with Gasteiger partial charge in [-0.2, -0.15) is 0 Å². The summed E-state index contributed by atoms with van der Waals surface area (Å²) in [6.45, 7) is 7.44. The van der Waals surface area contributed by atoms with Crippen molar-refractivity contribution in [2.24, 2.45) is 5.92 Å². The standard InChI is InChI=1S/C21H28FNO3/c1-13-9-16(22)6-5-14(13)12-19(24)15-10-17-7-8-18(11-15)23(17)20(25)26-21(2,3)4/h5-6,9,15,17-18H,7-8,10-12H2,1-4H3. The first kappa shape index (κ1) is 18.9. The average molecular weight is 361 g/mol. The van der Waals surface area contributed by atoms with Crippen molar-refractivity contribution in [1.29, 1.82) is 0 Å². The van der Waals surface area contributed by atoms with Crippen LogP contribution in [-0.4, -0.2) is 34.5 Å². The van der Waals surface area contributed by atoms with Gasteiger partial charge >= 0.3 is 6.09 Å². The lowest BCUT2D eigenvalue weighted by atomic mass is 9.85. The molecule has 2 bridgehead atoms.